The van der Waals surface area contributed by atoms with Crippen LogP contribution in [0, 0.1) is 6.92 Å². The molecule has 1 aliphatic heterocycles. The van der Waals surface area contributed by atoms with Gasteiger partial charge in [0.25, 0.3) is 0 Å². The molecule has 3 heteroatoms. The zero-order valence-corrected chi connectivity index (χ0v) is 14.5. The summed E-state index contributed by atoms with van der Waals surface area (Å²) in [4.78, 5) is 4.97. The van der Waals surface area contributed by atoms with Crippen LogP contribution in [0.3, 0.4) is 0 Å². The molecule has 1 aliphatic rings. The lowest BCUT2D eigenvalue weighted by Gasteiger charge is -2.34. The summed E-state index contributed by atoms with van der Waals surface area (Å²) < 4.78 is 1.10. The minimum absolute atomic E-state index is 1.10. The summed E-state index contributed by atoms with van der Waals surface area (Å²) in [5.74, 6) is 0. The molecule has 0 saturated heterocycles. The lowest BCUT2D eigenvalue weighted by molar-refractivity contribution is 1.14. The largest absolute Gasteiger partial charge is 0.308 e. The highest BCUT2D eigenvalue weighted by atomic mass is 79.9. The lowest BCUT2D eigenvalue weighted by atomic mass is 10.1. The van der Waals surface area contributed by atoms with Crippen molar-refractivity contribution in [2.24, 2.45) is 0 Å². The second-order valence-electron chi connectivity index (χ2n) is 5.30. The first-order valence-electron chi connectivity index (χ1n) is 7.16. The summed E-state index contributed by atoms with van der Waals surface area (Å²) in [6.45, 7) is 2.18. The summed E-state index contributed by atoms with van der Waals surface area (Å²) in [5.41, 5.74) is 5.01. The second kappa shape index (κ2) is 5.49. The molecule has 0 aliphatic carbocycles. The van der Waals surface area contributed by atoms with Crippen LogP contribution in [0.4, 0.5) is 17.1 Å². The average molecular weight is 368 g/mol. The zero-order chi connectivity index (χ0) is 15.1. The third-order valence-corrected chi connectivity index (χ3v) is 5.48. The van der Waals surface area contributed by atoms with Gasteiger partial charge in [-0.05, 0) is 55.0 Å². The highest BCUT2D eigenvalue weighted by Gasteiger charge is 2.25. The van der Waals surface area contributed by atoms with Crippen molar-refractivity contribution < 1.29 is 0 Å². The number of aryl methyl sites for hydroxylation is 1. The van der Waals surface area contributed by atoms with Crippen LogP contribution in [0.2, 0.25) is 0 Å². The highest BCUT2D eigenvalue weighted by Crippen LogP contribution is 2.52. The van der Waals surface area contributed by atoms with Crippen LogP contribution in [-0.2, 0) is 0 Å². The van der Waals surface area contributed by atoms with Gasteiger partial charge < -0.3 is 4.90 Å². The maximum absolute atomic E-state index is 3.52. The van der Waals surface area contributed by atoms with E-state index in [9.17, 15) is 0 Å². The zero-order valence-electron chi connectivity index (χ0n) is 12.1. The standard InChI is InChI=1S/C19H14BrNS/c1-13-5-4-8-18-19(13)21(15-11-9-14(20)10-12-15)16-6-2-3-7-17(16)22-18/h2-12H,1H3. The Morgan fingerprint density at radius 3 is 2.36 bits per heavy atom. The van der Waals surface area contributed by atoms with Crippen LogP contribution in [0.1, 0.15) is 5.56 Å². The Bertz CT molecular complexity index is 842. The minimum Gasteiger partial charge on any atom is -0.308 e. The van der Waals surface area contributed by atoms with Crippen molar-refractivity contribution in [3.05, 3.63) is 76.8 Å². The van der Waals surface area contributed by atoms with Gasteiger partial charge in [-0.25, -0.2) is 0 Å². The van der Waals surface area contributed by atoms with Crippen molar-refractivity contribution in [3.63, 3.8) is 0 Å². The van der Waals surface area contributed by atoms with E-state index in [0.29, 0.717) is 0 Å². The molecule has 0 spiro atoms. The van der Waals surface area contributed by atoms with E-state index in [1.165, 1.54) is 32.4 Å². The van der Waals surface area contributed by atoms with Crippen molar-refractivity contribution in [1.29, 1.82) is 0 Å². The van der Waals surface area contributed by atoms with E-state index in [4.69, 9.17) is 0 Å². The quantitative estimate of drug-likeness (QED) is 0.368. The fraction of sp³-hybridized carbons (Fsp3) is 0.0526. The predicted molar refractivity (Wildman–Crippen MR) is 97.7 cm³/mol. The summed E-state index contributed by atoms with van der Waals surface area (Å²) in [6, 6.07) is 23.6. The van der Waals surface area contributed by atoms with Gasteiger partial charge in [-0.15, -0.1) is 0 Å². The van der Waals surface area contributed by atoms with Gasteiger partial charge in [-0.1, -0.05) is 52.0 Å². The van der Waals surface area contributed by atoms with Crippen LogP contribution in [0.25, 0.3) is 0 Å². The molecule has 108 valence electrons. The molecule has 0 radical (unpaired) electrons. The molecule has 0 aromatic heterocycles. The Balaban J connectivity index is 1.98. The summed E-state index contributed by atoms with van der Waals surface area (Å²) >= 11 is 5.37. The summed E-state index contributed by atoms with van der Waals surface area (Å²) in [6.07, 6.45) is 0. The Kier molecular flexibility index (Phi) is 3.47. The monoisotopic (exact) mass is 367 g/mol. The fourth-order valence-corrected chi connectivity index (χ4v) is 4.23. The van der Waals surface area contributed by atoms with Crippen LogP contribution in [0.5, 0.6) is 0 Å². The van der Waals surface area contributed by atoms with Gasteiger partial charge in [0.2, 0.25) is 0 Å². The van der Waals surface area contributed by atoms with Crippen molar-refractivity contribution >= 4 is 44.8 Å². The molecule has 0 amide bonds. The van der Waals surface area contributed by atoms with E-state index < -0.39 is 0 Å². The smallest absolute Gasteiger partial charge is 0.0630 e. The summed E-state index contributed by atoms with van der Waals surface area (Å²) in [5, 5.41) is 0. The van der Waals surface area contributed by atoms with E-state index in [1.54, 1.807) is 0 Å². The van der Waals surface area contributed by atoms with E-state index >= 15 is 0 Å². The van der Waals surface area contributed by atoms with Gasteiger partial charge >= 0.3 is 0 Å². The normalized spacial score (nSPS) is 12.7. The Morgan fingerprint density at radius 1 is 0.818 bits per heavy atom. The van der Waals surface area contributed by atoms with Gasteiger partial charge in [-0.3, -0.25) is 0 Å². The van der Waals surface area contributed by atoms with Gasteiger partial charge in [0.15, 0.2) is 0 Å². The van der Waals surface area contributed by atoms with Crippen LogP contribution in [-0.4, -0.2) is 0 Å². The van der Waals surface area contributed by atoms with Gasteiger partial charge in [0.1, 0.15) is 0 Å². The molecular formula is C19H14BrNS. The number of para-hydroxylation sites is 2. The van der Waals surface area contributed by atoms with Crippen molar-refractivity contribution in [3.8, 4) is 0 Å². The maximum atomic E-state index is 3.52. The van der Waals surface area contributed by atoms with E-state index in [-0.39, 0.29) is 0 Å². The third kappa shape index (κ3) is 2.25. The molecule has 3 aromatic rings. The predicted octanol–water partition coefficient (Wildman–Crippen LogP) is 6.69. The number of rotatable bonds is 1. The van der Waals surface area contributed by atoms with Crippen LogP contribution < -0.4 is 4.90 Å². The first-order valence-corrected chi connectivity index (χ1v) is 8.77. The average Bonchev–Trinajstić information content (AvgIpc) is 2.54. The topological polar surface area (TPSA) is 3.24 Å². The lowest BCUT2D eigenvalue weighted by Crippen LogP contribution is -2.15. The molecule has 0 fully saturated rings. The first kappa shape index (κ1) is 13.9. The van der Waals surface area contributed by atoms with Crippen molar-refractivity contribution in [1.82, 2.24) is 0 Å². The molecule has 0 atom stereocenters. The number of hydrogen-bond acceptors (Lipinski definition) is 2. The molecule has 0 bridgehead atoms. The van der Waals surface area contributed by atoms with Crippen molar-refractivity contribution in [2.75, 3.05) is 4.90 Å². The number of halogens is 1. The molecule has 0 N–H and O–H groups in total. The second-order valence-corrected chi connectivity index (χ2v) is 7.30. The molecule has 3 aromatic carbocycles. The van der Waals surface area contributed by atoms with E-state index in [0.717, 1.165) is 4.47 Å². The Labute approximate surface area is 143 Å². The first-order chi connectivity index (χ1) is 10.7. The van der Waals surface area contributed by atoms with Gasteiger partial charge in [0, 0.05) is 20.0 Å². The molecule has 1 heterocycles. The van der Waals surface area contributed by atoms with Gasteiger partial charge in [-0.2, -0.15) is 0 Å². The number of fused-ring (bicyclic) bond motifs is 2. The third-order valence-electron chi connectivity index (χ3n) is 3.84. The molecule has 1 nitrogen and oxygen atoms in total. The minimum atomic E-state index is 1.10. The number of anilines is 3. The SMILES string of the molecule is Cc1cccc2c1N(c1ccc(Br)cc1)c1ccccc1S2. The van der Waals surface area contributed by atoms with Gasteiger partial charge in [0.05, 0.1) is 11.4 Å². The molecule has 0 saturated carbocycles. The molecule has 0 unspecified atom stereocenters. The molecule has 22 heavy (non-hydrogen) atoms. The molecule has 4 rings (SSSR count). The molecular weight excluding hydrogens is 354 g/mol. The number of benzene rings is 3. The number of nitrogens with zero attached hydrogens (tertiary/aromatic N) is 1. The fourth-order valence-electron chi connectivity index (χ4n) is 2.83. The van der Waals surface area contributed by atoms with Crippen LogP contribution >= 0.6 is 27.7 Å². The summed E-state index contributed by atoms with van der Waals surface area (Å²) in [7, 11) is 0. The highest BCUT2D eigenvalue weighted by molar-refractivity contribution is 9.10. The maximum Gasteiger partial charge on any atom is 0.0630 e. The van der Waals surface area contributed by atoms with E-state index in [1.807, 2.05) is 11.8 Å². The Hall–Kier alpha value is -1.71. The van der Waals surface area contributed by atoms with Crippen molar-refractivity contribution in [2.45, 2.75) is 16.7 Å². The Morgan fingerprint density at radius 2 is 1.55 bits per heavy atom. The van der Waals surface area contributed by atoms with Crippen LogP contribution in [0.15, 0.2) is 81.0 Å². The number of hydrogen-bond donors (Lipinski definition) is 0. The van der Waals surface area contributed by atoms with E-state index in [2.05, 4.69) is 94.5 Å².